The minimum atomic E-state index is -3.09. The highest BCUT2D eigenvalue weighted by molar-refractivity contribution is 7.99. The number of benzene rings is 1. The van der Waals surface area contributed by atoms with Crippen LogP contribution in [-0.4, -0.2) is 135 Å². The summed E-state index contributed by atoms with van der Waals surface area (Å²) < 4.78 is 39.7. The Bertz CT molecular complexity index is 1810. The van der Waals surface area contributed by atoms with Crippen LogP contribution in [0.5, 0.6) is 5.75 Å². The number of fused-ring (bicyclic) bond motifs is 1. The van der Waals surface area contributed by atoms with E-state index in [1.54, 1.807) is 29.3 Å². The second-order valence-corrected chi connectivity index (χ2v) is 14.5. The molecule has 0 atom stereocenters. The fourth-order valence-electron chi connectivity index (χ4n) is 5.92. The number of aromatic nitrogens is 5. The van der Waals surface area contributed by atoms with E-state index >= 15 is 0 Å². The van der Waals surface area contributed by atoms with Crippen molar-refractivity contribution in [1.29, 1.82) is 0 Å². The van der Waals surface area contributed by atoms with E-state index in [1.807, 2.05) is 25.8 Å². The van der Waals surface area contributed by atoms with Crippen molar-refractivity contribution in [2.75, 3.05) is 65.3 Å². The van der Waals surface area contributed by atoms with Gasteiger partial charge in [-0.25, -0.2) is 9.50 Å². The Morgan fingerprint density at radius 1 is 1.17 bits per heavy atom. The van der Waals surface area contributed by atoms with Gasteiger partial charge in [0.15, 0.2) is 5.65 Å². The first-order chi connectivity index (χ1) is 25.0. The number of morpholine rings is 1. The number of anilines is 1. The number of halogens is 2. The second kappa shape index (κ2) is 18.3. The predicted molar refractivity (Wildman–Crippen MR) is 193 cm³/mol. The van der Waals surface area contributed by atoms with Crippen molar-refractivity contribution < 1.29 is 32.6 Å². The molecule has 2 aliphatic rings. The number of rotatable bonds is 12. The molecule has 5 heterocycles. The lowest BCUT2D eigenvalue weighted by atomic mass is 10.0. The molecule has 0 bridgehead atoms. The Hall–Kier alpha value is -4.45. The Kier molecular flexibility index (Phi) is 13.7. The van der Waals surface area contributed by atoms with Gasteiger partial charge in [-0.3, -0.25) is 19.2 Å². The summed E-state index contributed by atoms with van der Waals surface area (Å²) in [5, 5.41) is 11.8. The van der Waals surface area contributed by atoms with Gasteiger partial charge in [0, 0.05) is 66.5 Å². The van der Waals surface area contributed by atoms with Crippen LogP contribution in [0.3, 0.4) is 0 Å². The van der Waals surface area contributed by atoms with Crippen LogP contribution in [0.2, 0.25) is 0 Å². The molecule has 0 unspecified atom stereocenters. The van der Waals surface area contributed by atoms with Crippen molar-refractivity contribution in [3.8, 4) is 17.0 Å². The Morgan fingerprint density at radius 3 is 2.58 bits per heavy atom. The number of likely N-dealkylation sites (N-methyl/N-ethyl adjacent to an activating group) is 2. The molecular weight excluding hydrogens is 697 g/mol. The number of aldehydes is 1. The summed E-state index contributed by atoms with van der Waals surface area (Å²) in [6.45, 7) is 6.19. The number of thioether (sulfide) groups is 1. The normalized spacial score (nSPS) is 15.6. The molecule has 0 spiro atoms. The molecule has 2 aliphatic heterocycles. The van der Waals surface area contributed by atoms with E-state index in [2.05, 4.69) is 32.4 Å². The lowest BCUT2D eigenvalue weighted by molar-refractivity contribution is -0.133. The molecule has 14 nitrogen and oxygen atoms in total. The summed E-state index contributed by atoms with van der Waals surface area (Å²) in [7, 11) is 4.00. The molecule has 280 valence electrons. The van der Waals surface area contributed by atoms with E-state index < -0.39 is 12.5 Å². The average molecular weight is 742 g/mol. The Balaban J connectivity index is 0.000000668. The lowest BCUT2D eigenvalue weighted by Gasteiger charge is -2.36. The van der Waals surface area contributed by atoms with Crippen molar-refractivity contribution in [2.24, 2.45) is 0 Å². The van der Waals surface area contributed by atoms with Crippen LogP contribution < -0.4 is 10.1 Å². The number of likely N-dealkylation sites (tertiary alicyclic amines) is 1. The van der Waals surface area contributed by atoms with Gasteiger partial charge in [0.05, 0.1) is 31.6 Å². The summed E-state index contributed by atoms with van der Waals surface area (Å²) in [6.07, 6.45) is 8.40. The van der Waals surface area contributed by atoms with Crippen LogP contribution >= 0.6 is 11.8 Å². The number of amides is 2. The third-order valence-electron chi connectivity index (χ3n) is 8.66. The maximum atomic E-state index is 13.5. The fourth-order valence-corrected chi connectivity index (χ4v) is 6.80. The van der Waals surface area contributed by atoms with Gasteiger partial charge < -0.3 is 29.4 Å². The standard InChI is InChI=1S/C30H34F2N8O4S.C5H11NO/c1-19(2)45-21-5-6-25(44-30(31)32)22(15-21)27-24(35-29(43)23-16-34-40-10-4-9-33-28(23)40)17-39(36-27)18-26(42)38-11-7-20(8-12-38)37(3)13-14-41;1-6-2-4-7-5-3-6/h4-6,9-10,14-17,19-20,30H,7-8,11-13,18H2,1-3H3,(H,35,43);2-5H2,1H3. The van der Waals surface area contributed by atoms with Gasteiger partial charge in [0.25, 0.3) is 5.91 Å². The molecule has 17 heteroatoms. The molecule has 2 amide bonds. The maximum Gasteiger partial charge on any atom is 0.387 e. The predicted octanol–water partition coefficient (Wildman–Crippen LogP) is 4.02. The third kappa shape index (κ3) is 10.3. The van der Waals surface area contributed by atoms with Crippen molar-refractivity contribution in [3.05, 3.63) is 54.6 Å². The molecule has 52 heavy (non-hydrogen) atoms. The van der Waals surface area contributed by atoms with Crippen LogP contribution in [0, 0.1) is 0 Å². The number of nitrogens with zero attached hydrogens (tertiary/aromatic N) is 8. The number of carbonyl (C=O) groups excluding carboxylic acids is 3. The van der Waals surface area contributed by atoms with Crippen molar-refractivity contribution >= 4 is 41.2 Å². The first kappa shape index (κ1) is 38.8. The molecule has 0 saturated carbocycles. The van der Waals surface area contributed by atoms with E-state index in [-0.39, 0.29) is 52.0 Å². The molecular formula is C35H45F2N9O5S. The Morgan fingerprint density at radius 2 is 1.92 bits per heavy atom. The first-order valence-corrected chi connectivity index (χ1v) is 18.0. The highest BCUT2D eigenvalue weighted by Crippen LogP contribution is 2.39. The average Bonchev–Trinajstić information content (AvgIpc) is 3.73. The number of alkyl halides is 2. The van der Waals surface area contributed by atoms with Crippen LogP contribution in [0.15, 0.2) is 53.9 Å². The number of hydrogen-bond donors (Lipinski definition) is 1. The lowest BCUT2D eigenvalue weighted by Crippen LogP contribution is -2.46. The monoisotopic (exact) mass is 741 g/mol. The van der Waals surface area contributed by atoms with Crippen molar-refractivity contribution in [3.63, 3.8) is 0 Å². The third-order valence-corrected chi connectivity index (χ3v) is 9.66. The summed E-state index contributed by atoms with van der Waals surface area (Å²) >= 11 is 1.53. The van der Waals surface area contributed by atoms with Gasteiger partial charge in [-0.2, -0.15) is 19.0 Å². The number of ether oxygens (including phenoxy) is 2. The van der Waals surface area contributed by atoms with Crippen LogP contribution in [0.1, 0.15) is 37.0 Å². The van der Waals surface area contributed by atoms with Gasteiger partial charge in [0.2, 0.25) is 5.91 Å². The van der Waals surface area contributed by atoms with Gasteiger partial charge in [0.1, 0.15) is 29.8 Å². The number of piperidine rings is 1. The van der Waals surface area contributed by atoms with Crippen LogP contribution in [-0.2, 0) is 20.9 Å². The van der Waals surface area contributed by atoms with Crippen molar-refractivity contribution in [2.45, 2.75) is 56.0 Å². The zero-order valence-electron chi connectivity index (χ0n) is 29.8. The van der Waals surface area contributed by atoms with Crippen LogP contribution in [0.25, 0.3) is 16.9 Å². The topological polar surface area (TPSA) is 139 Å². The van der Waals surface area contributed by atoms with Crippen LogP contribution in [0.4, 0.5) is 14.5 Å². The molecule has 3 aromatic heterocycles. The zero-order chi connectivity index (χ0) is 37.2. The highest BCUT2D eigenvalue weighted by Gasteiger charge is 2.27. The zero-order valence-corrected chi connectivity index (χ0v) is 30.6. The summed E-state index contributed by atoms with van der Waals surface area (Å²) in [5.41, 5.74) is 1.12. The second-order valence-electron chi connectivity index (χ2n) is 12.8. The van der Waals surface area contributed by atoms with E-state index in [1.165, 1.54) is 45.6 Å². The largest absolute Gasteiger partial charge is 0.434 e. The van der Waals surface area contributed by atoms with Gasteiger partial charge in [-0.05, 0) is 51.2 Å². The van der Waals surface area contributed by atoms with E-state index in [4.69, 9.17) is 9.47 Å². The maximum absolute atomic E-state index is 13.5. The highest BCUT2D eigenvalue weighted by atomic mass is 32.2. The molecule has 2 fully saturated rings. The molecule has 4 aromatic rings. The molecule has 0 radical (unpaired) electrons. The summed E-state index contributed by atoms with van der Waals surface area (Å²) in [6, 6.07) is 6.70. The molecule has 1 N–H and O–H groups in total. The first-order valence-electron chi connectivity index (χ1n) is 17.1. The van der Waals surface area contributed by atoms with Crippen molar-refractivity contribution in [1.82, 2.24) is 39.1 Å². The number of nitrogens with one attached hydrogen (secondary N) is 1. The van der Waals surface area contributed by atoms with E-state index in [9.17, 15) is 23.2 Å². The molecule has 6 rings (SSSR count). The number of carbonyl (C=O) groups is 3. The van der Waals surface area contributed by atoms with Gasteiger partial charge in [-0.1, -0.05) is 13.8 Å². The van der Waals surface area contributed by atoms with Gasteiger partial charge >= 0.3 is 6.61 Å². The Labute approximate surface area is 305 Å². The van der Waals surface area contributed by atoms with E-state index in [0.717, 1.165) is 50.3 Å². The minimum Gasteiger partial charge on any atom is -0.434 e. The SMILES string of the molecule is CC(C)Sc1ccc(OC(F)F)c(-c2nn(CC(=O)N3CCC(N(C)CC=O)CC3)cc2NC(=O)c2cnn3cccnc23)c1.CN1CCOCC1. The molecule has 0 aliphatic carbocycles. The molecule has 2 saturated heterocycles. The van der Waals surface area contributed by atoms with E-state index in [0.29, 0.717) is 25.3 Å². The minimum absolute atomic E-state index is 0.121. The molecule has 1 aromatic carbocycles. The smallest absolute Gasteiger partial charge is 0.387 e. The van der Waals surface area contributed by atoms with Gasteiger partial charge in [-0.15, -0.1) is 11.8 Å². The summed E-state index contributed by atoms with van der Waals surface area (Å²) in [4.78, 5) is 48.7. The summed E-state index contributed by atoms with van der Waals surface area (Å²) in [5.74, 6) is -0.843. The number of hydrogen-bond acceptors (Lipinski definition) is 11. The quantitative estimate of drug-likeness (QED) is 0.167. The fraction of sp³-hybridized carbons (Fsp3) is 0.486.